The number of nitrogens with zero attached hydrogens (tertiary/aromatic N) is 5. The number of hydrogen-bond donors (Lipinski definition) is 1. The van der Waals surface area contributed by atoms with Gasteiger partial charge in [0.05, 0.1) is 30.3 Å². The molecule has 3 aromatic rings. The van der Waals surface area contributed by atoms with Gasteiger partial charge in [0.15, 0.2) is 0 Å². The fourth-order valence-electron chi connectivity index (χ4n) is 3.50. The summed E-state index contributed by atoms with van der Waals surface area (Å²) in [7, 11) is 3.92. The van der Waals surface area contributed by atoms with Crippen molar-refractivity contribution < 1.29 is 9.18 Å². The highest BCUT2D eigenvalue weighted by molar-refractivity contribution is 5.94. The number of carbonyl (C=O) groups is 1. The van der Waals surface area contributed by atoms with Gasteiger partial charge in [-0.25, -0.2) is 19.2 Å². The topological polar surface area (TPSA) is 67.8 Å². The highest BCUT2D eigenvalue weighted by Crippen LogP contribution is 2.28. The zero-order chi connectivity index (χ0) is 21.8. The second kappa shape index (κ2) is 9.09. The quantitative estimate of drug-likeness (QED) is 0.614. The van der Waals surface area contributed by atoms with Crippen molar-refractivity contribution in [1.82, 2.24) is 19.9 Å². The molecular weight excluding hydrogens is 395 g/mol. The molecule has 1 N–H and O–H groups in total. The van der Waals surface area contributed by atoms with E-state index in [9.17, 15) is 9.18 Å². The van der Waals surface area contributed by atoms with E-state index >= 15 is 0 Å². The summed E-state index contributed by atoms with van der Waals surface area (Å²) in [5, 5.41) is 5.69. The van der Waals surface area contributed by atoms with Gasteiger partial charge in [-0.2, -0.15) is 5.10 Å². The van der Waals surface area contributed by atoms with Crippen LogP contribution in [-0.2, 0) is 6.54 Å². The molecule has 1 fully saturated rings. The number of H-pyrrole nitrogens is 1. The van der Waals surface area contributed by atoms with Gasteiger partial charge in [-0.1, -0.05) is 36.4 Å². The molecule has 160 valence electrons. The maximum Gasteiger partial charge on any atom is 0.344 e. The maximum atomic E-state index is 15.0. The number of aromatic amines is 1. The Morgan fingerprint density at radius 3 is 2.74 bits per heavy atom. The molecule has 0 unspecified atom stereocenters. The summed E-state index contributed by atoms with van der Waals surface area (Å²) in [6, 6.07) is 14.1. The minimum atomic E-state index is -0.455. The van der Waals surface area contributed by atoms with Crippen molar-refractivity contribution in [2.45, 2.75) is 13.0 Å². The van der Waals surface area contributed by atoms with Crippen LogP contribution in [0, 0.1) is 5.82 Å². The van der Waals surface area contributed by atoms with Gasteiger partial charge in [0.2, 0.25) is 0 Å². The lowest BCUT2D eigenvalue weighted by Crippen LogP contribution is -2.47. The van der Waals surface area contributed by atoms with Crippen LogP contribution >= 0.6 is 0 Å². The number of nitrogens with one attached hydrogen (secondary N) is 1. The van der Waals surface area contributed by atoms with Gasteiger partial charge in [-0.15, -0.1) is 0 Å². The average molecular weight is 420 g/mol. The number of benzene rings is 2. The zero-order valence-corrected chi connectivity index (χ0v) is 17.6. The number of amides is 2. The minimum Gasteiger partial charge on any atom is -0.341 e. The van der Waals surface area contributed by atoms with Gasteiger partial charge in [0, 0.05) is 18.7 Å². The van der Waals surface area contributed by atoms with Crippen molar-refractivity contribution >= 4 is 17.9 Å². The van der Waals surface area contributed by atoms with E-state index in [4.69, 9.17) is 0 Å². The van der Waals surface area contributed by atoms with Crippen LogP contribution in [0.1, 0.15) is 17.8 Å². The Morgan fingerprint density at radius 2 is 2.00 bits per heavy atom. The van der Waals surface area contributed by atoms with Crippen molar-refractivity contribution in [2.75, 3.05) is 32.1 Å². The molecule has 0 saturated carbocycles. The fourth-order valence-corrected chi connectivity index (χ4v) is 3.50. The molecule has 0 aliphatic carbocycles. The van der Waals surface area contributed by atoms with Crippen LogP contribution in [0.15, 0.2) is 59.8 Å². The van der Waals surface area contributed by atoms with Crippen molar-refractivity contribution in [3.8, 4) is 11.3 Å². The molecule has 0 radical (unpaired) electrons. The lowest BCUT2D eigenvalue weighted by Gasteiger charge is -2.32. The van der Waals surface area contributed by atoms with E-state index in [1.165, 1.54) is 16.0 Å². The molecule has 2 aromatic carbocycles. The molecule has 1 aromatic heterocycles. The Morgan fingerprint density at radius 1 is 1.19 bits per heavy atom. The Kier molecular flexibility index (Phi) is 6.08. The predicted octanol–water partition coefficient (Wildman–Crippen LogP) is 3.94. The smallest absolute Gasteiger partial charge is 0.341 e. The van der Waals surface area contributed by atoms with E-state index in [-0.39, 0.29) is 11.7 Å². The second-order valence-corrected chi connectivity index (χ2v) is 7.71. The Bertz CT molecular complexity index is 1080. The highest BCUT2D eigenvalue weighted by Gasteiger charge is 2.28. The SMILES string of the molecule is CN(C)Cc1ncc(-c2ccc(N3CCCN(N=Cc4ccccc4)C3=O)c(F)c2)[nH]1. The molecule has 2 amide bonds. The summed E-state index contributed by atoms with van der Waals surface area (Å²) in [4.78, 5) is 23.9. The summed E-state index contributed by atoms with van der Waals surface area (Å²) < 4.78 is 15.0. The van der Waals surface area contributed by atoms with E-state index < -0.39 is 5.82 Å². The standard InChI is InChI=1S/C23H25FN6O/c1-28(2)16-22-25-15-20(27-22)18-9-10-21(19(24)13-18)29-11-6-12-30(23(29)31)26-14-17-7-4-3-5-8-17/h3-5,7-10,13-15H,6,11-12,16H2,1-2H3,(H,25,27). The third-order valence-corrected chi connectivity index (χ3v) is 4.99. The highest BCUT2D eigenvalue weighted by atomic mass is 19.1. The molecule has 7 nitrogen and oxygen atoms in total. The normalized spacial score (nSPS) is 14.8. The van der Waals surface area contributed by atoms with Crippen LogP contribution < -0.4 is 4.90 Å². The molecule has 0 spiro atoms. The largest absolute Gasteiger partial charge is 0.344 e. The third-order valence-electron chi connectivity index (χ3n) is 4.99. The number of hydrogen-bond acceptors (Lipinski definition) is 4. The van der Waals surface area contributed by atoms with Gasteiger partial charge in [0.1, 0.15) is 11.6 Å². The van der Waals surface area contributed by atoms with Crippen LogP contribution in [0.2, 0.25) is 0 Å². The molecule has 0 atom stereocenters. The van der Waals surface area contributed by atoms with Crippen LogP contribution in [-0.4, -0.2) is 59.3 Å². The lowest BCUT2D eigenvalue weighted by molar-refractivity contribution is 0.198. The third kappa shape index (κ3) is 4.80. The molecule has 4 rings (SSSR count). The molecule has 1 aliphatic heterocycles. The number of carbonyl (C=O) groups excluding carboxylic acids is 1. The van der Waals surface area contributed by atoms with E-state index in [2.05, 4.69) is 15.1 Å². The van der Waals surface area contributed by atoms with Gasteiger partial charge in [-0.05, 0) is 38.2 Å². The van der Waals surface area contributed by atoms with E-state index in [0.717, 1.165) is 17.1 Å². The van der Waals surface area contributed by atoms with Crippen molar-refractivity contribution in [3.05, 3.63) is 71.9 Å². The maximum absolute atomic E-state index is 15.0. The van der Waals surface area contributed by atoms with Crippen LogP contribution in [0.3, 0.4) is 0 Å². The number of anilines is 1. The summed E-state index contributed by atoms with van der Waals surface area (Å²) in [6.45, 7) is 1.62. The molecule has 0 bridgehead atoms. The molecular formula is C23H25FN6O. The summed E-state index contributed by atoms with van der Waals surface area (Å²) in [5.41, 5.74) is 2.57. The Labute approximate surface area is 180 Å². The van der Waals surface area contributed by atoms with Crippen molar-refractivity contribution in [3.63, 3.8) is 0 Å². The number of imidazole rings is 1. The molecule has 2 heterocycles. The number of aromatic nitrogens is 2. The number of rotatable bonds is 6. The predicted molar refractivity (Wildman–Crippen MR) is 119 cm³/mol. The first-order valence-electron chi connectivity index (χ1n) is 10.2. The van der Waals surface area contributed by atoms with Gasteiger partial charge < -0.3 is 9.88 Å². The van der Waals surface area contributed by atoms with Gasteiger partial charge in [0.25, 0.3) is 0 Å². The van der Waals surface area contributed by atoms with E-state index in [1.54, 1.807) is 24.5 Å². The second-order valence-electron chi connectivity index (χ2n) is 7.71. The summed E-state index contributed by atoms with van der Waals surface area (Å²) >= 11 is 0. The zero-order valence-electron chi connectivity index (χ0n) is 17.6. The molecule has 8 heteroatoms. The van der Waals surface area contributed by atoms with Crippen LogP contribution in [0.5, 0.6) is 0 Å². The molecule has 1 saturated heterocycles. The van der Waals surface area contributed by atoms with Crippen LogP contribution in [0.4, 0.5) is 14.9 Å². The fraction of sp³-hybridized carbons (Fsp3) is 0.261. The number of urea groups is 1. The summed E-state index contributed by atoms with van der Waals surface area (Å²) in [6.07, 6.45) is 4.04. The monoisotopic (exact) mass is 420 g/mol. The molecule has 1 aliphatic rings. The Hall–Kier alpha value is -3.52. The number of hydrazone groups is 1. The molecule has 31 heavy (non-hydrogen) atoms. The first-order chi connectivity index (χ1) is 15.0. The van der Waals surface area contributed by atoms with Gasteiger partial charge in [-0.3, -0.25) is 4.90 Å². The van der Waals surface area contributed by atoms with E-state index in [0.29, 0.717) is 31.6 Å². The first kappa shape index (κ1) is 20.7. The first-order valence-corrected chi connectivity index (χ1v) is 10.2. The van der Waals surface area contributed by atoms with E-state index in [1.807, 2.05) is 49.3 Å². The summed E-state index contributed by atoms with van der Waals surface area (Å²) in [5.74, 6) is 0.353. The Balaban J connectivity index is 1.51. The van der Waals surface area contributed by atoms with Crippen molar-refractivity contribution in [1.29, 1.82) is 0 Å². The average Bonchev–Trinajstić information content (AvgIpc) is 3.22. The van der Waals surface area contributed by atoms with Crippen LogP contribution in [0.25, 0.3) is 11.3 Å². The lowest BCUT2D eigenvalue weighted by atomic mass is 10.1. The number of halogens is 1. The van der Waals surface area contributed by atoms with Crippen molar-refractivity contribution in [2.24, 2.45) is 5.10 Å². The minimum absolute atomic E-state index is 0.251. The van der Waals surface area contributed by atoms with Gasteiger partial charge >= 0.3 is 6.03 Å².